The van der Waals surface area contributed by atoms with E-state index in [0.29, 0.717) is 0 Å². The highest BCUT2D eigenvalue weighted by Crippen LogP contribution is 2.61. The maximum absolute atomic E-state index is 10.2. The highest BCUT2D eigenvalue weighted by molar-refractivity contribution is 8.19. The van der Waals surface area contributed by atoms with E-state index in [1.165, 1.54) is 0 Å². The predicted molar refractivity (Wildman–Crippen MR) is 42.8 cm³/mol. The summed E-state index contributed by atoms with van der Waals surface area (Å²) in [6.45, 7) is 0. The Morgan fingerprint density at radius 1 is 1.50 bits per heavy atom. The molecule has 4 nitrogen and oxygen atoms in total. The average molecular weight is 246 g/mol. The van der Waals surface area contributed by atoms with Crippen molar-refractivity contribution in [3.63, 3.8) is 0 Å². The van der Waals surface area contributed by atoms with Gasteiger partial charge in [0.1, 0.15) is 0 Å². The van der Waals surface area contributed by atoms with Gasteiger partial charge in [-0.3, -0.25) is 0 Å². The first-order chi connectivity index (χ1) is 4.27. The van der Waals surface area contributed by atoms with Crippen LogP contribution in [0.3, 0.4) is 0 Å². The molecule has 0 bridgehead atoms. The lowest BCUT2D eigenvalue weighted by molar-refractivity contribution is 0.474. The second-order valence-corrected chi connectivity index (χ2v) is 8.26. The predicted octanol–water partition coefficient (Wildman–Crippen LogP) is 2.54. The van der Waals surface area contributed by atoms with Crippen LogP contribution in [0.4, 0.5) is 0 Å². The monoisotopic (exact) mass is 245 g/mol. The van der Waals surface area contributed by atoms with E-state index in [-0.39, 0.29) is 0 Å². The normalized spacial score (nSPS) is 13.2. The van der Waals surface area contributed by atoms with Gasteiger partial charge in [-0.1, -0.05) is 0 Å². The molecule has 0 fully saturated rings. The summed E-state index contributed by atoms with van der Waals surface area (Å²) in [7, 11) is 1.78. The number of rotatable bonds is 2. The molecule has 0 aliphatic carbocycles. The summed E-state index contributed by atoms with van der Waals surface area (Å²) in [5.41, 5.74) is 0. The first kappa shape index (κ1) is 11.0. The van der Waals surface area contributed by atoms with Crippen molar-refractivity contribution in [1.82, 2.24) is 0 Å². The van der Waals surface area contributed by atoms with Gasteiger partial charge in [0.25, 0.3) is 5.99 Å². The Hall–Kier alpha value is 1.01. The lowest BCUT2D eigenvalue weighted by Gasteiger charge is -2.01. The highest BCUT2D eigenvalue weighted by atomic mass is 35.9. The van der Waals surface area contributed by atoms with Crippen LogP contribution in [-0.2, 0) is 13.8 Å². The first-order valence-corrected chi connectivity index (χ1v) is 7.53. The zero-order valence-corrected chi connectivity index (χ0v) is 8.64. The highest BCUT2D eigenvalue weighted by Gasteiger charge is 2.15. The molecule has 62 valence electrons. The van der Waals surface area contributed by atoms with Crippen molar-refractivity contribution in [2.24, 2.45) is 4.15 Å². The van der Waals surface area contributed by atoms with Gasteiger partial charge in [0.2, 0.25) is 0 Å². The topological polar surface area (TPSA) is 55.7 Å². The Labute approximate surface area is 72.7 Å². The summed E-state index contributed by atoms with van der Waals surface area (Å²) in [6, 6.07) is 0. The SMILES string of the molecule is COP(Cl)(Cl)=NS(=O)(=O)Cl. The van der Waals surface area contributed by atoms with Crippen LogP contribution in [0.1, 0.15) is 0 Å². The fraction of sp³-hybridized carbons (Fsp3) is 1.00. The second-order valence-electron chi connectivity index (χ2n) is 1.11. The van der Waals surface area contributed by atoms with E-state index in [4.69, 9.17) is 22.5 Å². The third-order valence-corrected chi connectivity index (χ3v) is 4.89. The van der Waals surface area contributed by atoms with E-state index in [2.05, 4.69) is 19.4 Å². The van der Waals surface area contributed by atoms with Crippen LogP contribution < -0.4 is 0 Å². The van der Waals surface area contributed by atoms with Crippen LogP contribution in [0.2, 0.25) is 0 Å². The third-order valence-electron chi connectivity index (χ3n) is 0.412. The molecule has 0 atom stereocenters. The van der Waals surface area contributed by atoms with Crippen molar-refractivity contribution in [2.75, 3.05) is 7.11 Å². The molecule has 0 N–H and O–H groups in total. The van der Waals surface area contributed by atoms with Gasteiger partial charge < -0.3 is 4.52 Å². The zero-order valence-electron chi connectivity index (χ0n) is 4.66. The number of hydrogen-bond acceptors (Lipinski definition) is 3. The van der Waals surface area contributed by atoms with Gasteiger partial charge in [-0.25, -0.2) is 0 Å². The summed E-state index contributed by atoms with van der Waals surface area (Å²) >= 11 is 10.5. The molecule has 0 heterocycles. The average Bonchev–Trinajstić information content (AvgIpc) is 1.60. The van der Waals surface area contributed by atoms with Crippen LogP contribution in [0.15, 0.2) is 4.15 Å². The van der Waals surface area contributed by atoms with Crippen LogP contribution in [0.5, 0.6) is 0 Å². The van der Waals surface area contributed by atoms with Crippen molar-refractivity contribution in [1.29, 1.82) is 0 Å². The van der Waals surface area contributed by atoms with Crippen molar-refractivity contribution in [3.05, 3.63) is 0 Å². The number of halogens is 3. The molecule has 0 aliphatic rings. The molecular weight excluding hydrogens is 243 g/mol. The molecule has 0 aromatic carbocycles. The molecule has 0 rings (SSSR count). The van der Waals surface area contributed by atoms with Gasteiger partial charge in [-0.15, -0.1) is 4.15 Å². The molecule has 0 unspecified atom stereocenters. The van der Waals surface area contributed by atoms with E-state index < -0.39 is 15.2 Å². The van der Waals surface area contributed by atoms with Crippen LogP contribution >= 0.6 is 39.2 Å². The molecule has 0 aliphatic heterocycles. The fourth-order valence-corrected chi connectivity index (χ4v) is 4.14. The maximum atomic E-state index is 10.2. The second kappa shape index (κ2) is 3.61. The van der Waals surface area contributed by atoms with Crippen LogP contribution in [0, 0.1) is 0 Å². The van der Waals surface area contributed by atoms with Gasteiger partial charge >= 0.3 is 9.24 Å². The van der Waals surface area contributed by atoms with E-state index in [1.807, 2.05) is 0 Å². The zero-order chi connectivity index (χ0) is 8.41. The maximum Gasteiger partial charge on any atom is 0.342 e. The van der Waals surface area contributed by atoms with Crippen LogP contribution in [-0.4, -0.2) is 15.5 Å². The molecular formula is CH3Cl3NO3PS. The smallest absolute Gasteiger partial charge is 0.324 e. The molecule has 10 heavy (non-hydrogen) atoms. The molecule has 0 radical (unpaired) electrons. The Balaban J connectivity index is 4.80. The summed E-state index contributed by atoms with van der Waals surface area (Å²) in [6.07, 6.45) is 0. The Morgan fingerprint density at radius 3 is 2.00 bits per heavy atom. The molecule has 0 aromatic heterocycles. The van der Waals surface area contributed by atoms with Crippen molar-refractivity contribution in [2.45, 2.75) is 0 Å². The van der Waals surface area contributed by atoms with E-state index in [0.717, 1.165) is 7.11 Å². The van der Waals surface area contributed by atoms with E-state index in [9.17, 15) is 8.42 Å². The molecule has 0 spiro atoms. The van der Waals surface area contributed by atoms with Crippen molar-refractivity contribution >= 4 is 48.4 Å². The lowest BCUT2D eigenvalue weighted by Crippen LogP contribution is -1.79. The lowest BCUT2D eigenvalue weighted by atomic mass is 11.8. The fourth-order valence-electron chi connectivity index (χ4n) is 0.147. The summed E-state index contributed by atoms with van der Waals surface area (Å²) in [5, 5.41) is 0. The first-order valence-electron chi connectivity index (χ1n) is 1.80. The third kappa shape index (κ3) is 5.77. The minimum Gasteiger partial charge on any atom is -0.324 e. The Morgan fingerprint density at radius 2 is 1.90 bits per heavy atom. The van der Waals surface area contributed by atoms with Crippen molar-refractivity contribution in [3.8, 4) is 0 Å². The van der Waals surface area contributed by atoms with Gasteiger partial charge in [-0.2, -0.15) is 8.42 Å². The van der Waals surface area contributed by atoms with Gasteiger partial charge in [-0.05, 0) is 22.5 Å². The minimum atomic E-state index is -4.04. The van der Waals surface area contributed by atoms with Gasteiger partial charge in [0, 0.05) is 17.8 Å². The molecule has 0 amide bonds. The summed E-state index contributed by atoms with van der Waals surface area (Å²) in [4.78, 5) is 0. The Kier molecular flexibility index (Phi) is 3.97. The standard InChI is InChI=1S/CH3Cl3NO3PS/c1-8-9(2,3)5-10(4,6)7/h1H3. The van der Waals surface area contributed by atoms with Gasteiger partial charge in [0.15, 0.2) is 0 Å². The number of hydrogen-bond donors (Lipinski definition) is 0. The number of nitrogens with zero attached hydrogens (tertiary/aromatic N) is 1. The molecule has 9 heteroatoms. The minimum absolute atomic E-state index is 1.14. The molecule has 0 saturated carbocycles. The van der Waals surface area contributed by atoms with Gasteiger partial charge in [0.05, 0.1) is 0 Å². The van der Waals surface area contributed by atoms with Crippen LogP contribution in [0.25, 0.3) is 0 Å². The Bertz CT molecular complexity index is 253. The largest absolute Gasteiger partial charge is 0.342 e. The molecule has 0 aromatic rings. The summed E-state index contributed by atoms with van der Waals surface area (Å²) < 4.78 is 27.5. The van der Waals surface area contributed by atoms with E-state index >= 15 is 0 Å². The van der Waals surface area contributed by atoms with Crippen molar-refractivity contribution < 1.29 is 12.9 Å². The van der Waals surface area contributed by atoms with E-state index in [1.54, 1.807) is 0 Å². The summed E-state index contributed by atoms with van der Waals surface area (Å²) in [5.74, 6) is -3.20. The quantitative estimate of drug-likeness (QED) is 0.556. The molecule has 0 saturated heterocycles.